The van der Waals surface area contributed by atoms with Gasteiger partial charge in [0.2, 0.25) is 0 Å². The molecule has 124 valence electrons. The van der Waals surface area contributed by atoms with E-state index in [0.29, 0.717) is 13.0 Å². The summed E-state index contributed by atoms with van der Waals surface area (Å²) in [6.45, 7) is 2.76. The number of aliphatic hydroxyl groups is 3. The topological polar surface area (TPSA) is 63.9 Å². The van der Waals surface area contributed by atoms with Crippen LogP contribution in [0, 0.1) is 0 Å². The summed E-state index contributed by atoms with van der Waals surface area (Å²) in [7, 11) is 0. The van der Waals surface area contributed by atoms with E-state index in [-0.39, 0.29) is 6.61 Å². The Bertz CT molecular complexity index is 413. The van der Waals surface area contributed by atoms with Crippen molar-refractivity contribution in [3.63, 3.8) is 0 Å². The van der Waals surface area contributed by atoms with E-state index in [1.54, 1.807) is 0 Å². The van der Waals surface area contributed by atoms with Gasteiger partial charge in [-0.05, 0) is 37.1 Å². The van der Waals surface area contributed by atoms with Gasteiger partial charge in [-0.1, -0.05) is 43.5 Å². The summed E-state index contributed by atoms with van der Waals surface area (Å²) in [4.78, 5) is 2.32. The lowest BCUT2D eigenvalue weighted by molar-refractivity contribution is 0.0516. The summed E-state index contributed by atoms with van der Waals surface area (Å²) < 4.78 is 0. The molecule has 1 aliphatic rings. The maximum absolute atomic E-state index is 10.3. The predicted octanol–water partition coefficient (Wildman–Crippen LogP) is 2.23. The minimum atomic E-state index is -0.655. The molecule has 2 atom stereocenters. The number of β-amino-alcohol motifs (C(OH)–C–C–N with tert-alkyl or cyclic N) is 1. The molecule has 4 nitrogen and oxygen atoms in total. The SMILES string of the molecule is OCc1ccc([C@@H](O)C[C@@H](O)CN2CCCCCCC2)cc1. The molecule has 1 saturated heterocycles. The first-order valence-electron chi connectivity index (χ1n) is 8.47. The van der Waals surface area contributed by atoms with E-state index >= 15 is 0 Å². The number of likely N-dealkylation sites (tertiary alicyclic amines) is 1. The zero-order valence-electron chi connectivity index (χ0n) is 13.3. The third-order valence-electron chi connectivity index (χ3n) is 4.46. The fourth-order valence-corrected chi connectivity index (χ4v) is 3.11. The lowest BCUT2D eigenvalue weighted by Gasteiger charge is -2.27. The van der Waals surface area contributed by atoms with Crippen molar-refractivity contribution in [1.82, 2.24) is 4.90 Å². The smallest absolute Gasteiger partial charge is 0.0815 e. The fraction of sp³-hybridized carbons (Fsp3) is 0.667. The van der Waals surface area contributed by atoms with E-state index in [2.05, 4.69) is 4.90 Å². The minimum absolute atomic E-state index is 0.00790. The van der Waals surface area contributed by atoms with Gasteiger partial charge in [0, 0.05) is 13.0 Å². The van der Waals surface area contributed by atoms with Crippen molar-refractivity contribution < 1.29 is 15.3 Å². The zero-order chi connectivity index (χ0) is 15.8. The Labute approximate surface area is 133 Å². The number of aliphatic hydroxyl groups excluding tert-OH is 3. The Morgan fingerprint density at radius 1 is 0.909 bits per heavy atom. The van der Waals surface area contributed by atoms with Crippen LogP contribution in [0.2, 0.25) is 0 Å². The Morgan fingerprint density at radius 2 is 1.50 bits per heavy atom. The molecule has 1 aliphatic heterocycles. The number of benzene rings is 1. The van der Waals surface area contributed by atoms with Crippen molar-refractivity contribution in [3.05, 3.63) is 35.4 Å². The van der Waals surface area contributed by atoms with E-state index in [1.165, 1.54) is 32.1 Å². The van der Waals surface area contributed by atoms with Crippen LogP contribution in [-0.4, -0.2) is 46.0 Å². The predicted molar refractivity (Wildman–Crippen MR) is 87.5 cm³/mol. The quantitative estimate of drug-likeness (QED) is 0.754. The number of hydrogen-bond donors (Lipinski definition) is 3. The molecule has 22 heavy (non-hydrogen) atoms. The molecule has 3 N–H and O–H groups in total. The molecule has 1 heterocycles. The van der Waals surface area contributed by atoms with Crippen molar-refractivity contribution in [2.24, 2.45) is 0 Å². The standard InChI is InChI=1S/C18H29NO3/c20-14-15-6-8-16(9-7-15)18(22)12-17(21)13-19-10-4-2-1-3-5-11-19/h6-9,17-18,20-22H,1-5,10-14H2/t17-,18+/m1/s1. The van der Waals surface area contributed by atoms with E-state index in [1.807, 2.05) is 24.3 Å². The molecule has 0 spiro atoms. The van der Waals surface area contributed by atoms with Crippen molar-refractivity contribution in [2.45, 2.75) is 57.3 Å². The Hall–Kier alpha value is -0.940. The van der Waals surface area contributed by atoms with E-state index in [0.717, 1.165) is 24.2 Å². The molecule has 2 rings (SSSR count). The lowest BCUT2D eigenvalue weighted by Crippen LogP contribution is -2.35. The highest BCUT2D eigenvalue weighted by molar-refractivity contribution is 5.23. The van der Waals surface area contributed by atoms with E-state index in [4.69, 9.17) is 5.11 Å². The molecule has 1 aromatic rings. The first-order valence-corrected chi connectivity index (χ1v) is 8.47. The van der Waals surface area contributed by atoms with Gasteiger partial charge in [-0.3, -0.25) is 0 Å². The molecule has 0 unspecified atom stereocenters. The third kappa shape index (κ3) is 5.69. The zero-order valence-corrected chi connectivity index (χ0v) is 13.3. The molecular formula is C18H29NO3. The van der Waals surface area contributed by atoms with Gasteiger partial charge < -0.3 is 20.2 Å². The highest BCUT2D eigenvalue weighted by atomic mass is 16.3. The van der Waals surface area contributed by atoms with Crippen molar-refractivity contribution in [2.75, 3.05) is 19.6 Å². The molecule has 0 aliphatic carbocycles. The Balaban J connectivity index is 1.80. The van der Waals surface area contributed by atoms with Crippen LogP contribution in [0.5, 0.6) is 0 Å². The average Bonchev–Trinajstić information content (AvgIpc) is 2.50. The maximum Gasteiger partial charge on any atom is 0.0815 e. The molecule has 1 aromatic carbocycles. The molecule has 0 amide bonds. The maximum atomic E-state index is 10.3. The van der Waals surface area contributed by atoms with Crippen molar-refractivity contribution in [3.8, 4) is 0 Å². The molecule has 0 aromatic heterocycles. The fourth-order valence-electron chi connectivity index (χ4n) is 3.11. The van der Waals surface area contributed by atoms with Gasteiger partial charge in [-0.25, -0.2) is 0 Å². The summed E-state index contributed by atoms with van der Waals surface area (Å²) in [6.07, 6.45) is 5.51. The molecule has 0 saturated carbocycles. The molecule has 1 fully saturated rings. The van der Waals surface area contributed by atoms with Crippen LogP contribution < -0.4 is 0 Å². The van der Waals surface area contributed by atoms with Crippen LogP contribution in [0.1, 0.15) is 55.8 Å². The van der Waals surface area contributed by atoms with Gasteiger partial charge in [0.1, 0.15) is 0 Å². The van der Waals surface area contributed by atoms with Gasteiger partial charge in [0.05, 0.1) is 18.8 Å². The molecule has 0 radical (unpaired) electrons. The van der Waals surface area contributed by atoms with Crippen LogP contribution in [0.4, 0.5) is 0 Å². The second kappa shape index (κ2) is 9.26. The minimum Gasteiger partial charge on any atom is -0.392 e. The first-order chi connectivity index (χ1) is 10.7. The molecule has 0 bridgehead atoms. The Kier molecular flexibility index (Phi) is 7.33. The third-order valence-corrected chi connectivity index (χ3v) is 4.46. The summed E-state index contributed by atoms with van der Waals surface area (Å²) in [5.74, 6) is 0. The number of nitrogens with zero attached hydrogens (tertiary/aromatic N) is 1. The molecular weight excluding hydrogens is 278 g/mol. The lowest BCUT2D eigenvalue weighted by atomic mass is 10.0. The van der Waals surface area contributed by atoms with Crippen LogP contribution in [0.15, 0.2) is 24.3 Å². The monoisotopic (exact) mass is 307 g/mol. The van der Waals surface area contributed by atoms with Crippen molar-refractivity contribution in [1.29, 1.82) is 0 Å². The van der Waals surface area contributed by atoms with Gasteiger partial charge in [0.25, 0.3) is 0 Å². The molecule has 4 heteroatoms. The second-order valence-corrected chi connectivity index (χ2v) is 6.37. The first kappa shape index (κ1) is 17.4. The van der Waals surface area contributed by atoms with Gasteiger partial charge >= 0.3 is 0 Å². The van der Waals surface area contributed by atoms with Crippen molar-refractivity contribution >= 4 is 0 Å². The second-order valence-electron chi connectivity index (χ2n) is 6.37. The van der Waals surface area contributed by atoms with Gasteiger partial charge in [0.15, 0.2) is 0 Å². The van der Waals surface area contributed by atoms with Crippen LogP contribution in [0.25, 0.3) is 0 Å². The number of rotatable bonds is 6. The average molecular weight is 307 g/mol. The van der Waals surface area contributed by atoms with Gasteiger partial charge in [-0.15, -0.1) is 0 Å². The number of hydrogen-bond acceptors (Lipinski definition) is 4. The summed E-state index contributed by atoms with van der Waals surface area (Å²) in [5, 5.41) is 29.5. The summed E-state index contributed by atoms with van der Waals surface area (Å²) >= 11 is 0. The largest absolute Gasteiger partial charge is 0.392 e. The van der Waals surface area contributed by atoms with Crippen LogP contribution in [-0.2, 0) is 6.61 Å². The van der Waals surface area contributed by atoms with E-state index in [9.17, 15) is 10.2 Å². The van der Waals surface area contributed by atoms with Crippen LogP contribution >= 0.6 is 0 Å². The Morgan fingerprint density at radius 3 is 2.09 bits per heavy atom. The van der Waals surface area contributed by atoms with Gasteiger partial charge in [-0.2, -0.15) is 0 Å². The van der Waals surface area contributed by atoms with E-state index < -0.39 is 12.2 Å². The normalized spacial score (nSPS) is 20.1. The summed E-state index contributed by atoms with van der Waals surface area (Å²) in [5.41, 5.74) is 1.63. The highest BCUT2D eigenvalue weighted by Crippen LogP contribution is 2.20. The summed E-state index contributed by atoms with van der Waals surface area (Å²) in [6, 6.07) is 7.25. The van der Waals surface area contributed by atoms with Crippen LogP contribution in [0.3, 0.4) is 0 Å². The highest BCUT2D eigenvalue weighted by Gasteiger charge is 2.17.